The normalized spacial score (nSPS) is 15.1. The summed E-state index contributed by atoms with van der Waals surface area (Å²) in [5.41, 5.74) is 8.61. The fraction of sp³-hybridized carbons (Fsp3) is 0.435. The van der Waals surface area contributed by atoms with Crippen LogP contribution in [0.4, 0.5) is 4.79 Å². The molecule has 1 aromatic heterocycles. The lowest BCUT2D eigenvalue weighted by molar-refractivity contribution is -0.0187. The average molecular weight is 412 g/mol. The molecule has 1 aliphatic heterocycles. The molecule has 3 rings (SSSR count). The number of hydrogen-bond donors (Lipinski definition) is 1. The molecule has 30 heavy (non-hydrogen) atoms. The Kier molecular flexibility index (Phi) is 6.01. The van der Waals surface area contributed by atoms with Crippen LogP contribution in [0.15, 0.2) is 30.5 Å². The summed E-state index contributed by atoms with van der Waals surface area (Å²) < 4.78 is 11.3. The largest absolute Gasteiger partial charge is 0.489 e. The van der Waals surface area contributed by atoms with Crippen molar-refractivity contribution in [3.63, 3.8) is 0 Å². The predicted octanol–water partition coefficient (Wildman–Crippen LogP) is 3.92. The molecule has 0 bridgehead atoms. The molecule has 2 amide bonds. The average Bonchev–Trinajstić information content (AvgIpc) is 2.93. The number of ether oxygens (including phenoxy) is 2. The molecule has 7 heteroatoms. The SMILES string of the molecule is Cc1cc(-c2ccnc3c2C(=O)N(C)C3)ccc1OC[C@](C)(CC(C)C)OC(N)=O. The number of nitrogens with zero attached hydrogens (tertiary/aromatic N) is 2. The van der Waals surface area contributed by atoms with E-state index in [4.69, 9.17) is 15.2 Å². The fourth-order valence-electron chi connectivity index (χ4n) is 4.04. The summed E-state index contributed by atoms with van der Waals surface area (Å²) in [7, 11) is 1.78. The number of benzene rings is 1. The van der Waals surface area contributed by atoms with Gasteiger partial charge in [-0.25, -0.2) is 4.79 Å². The number of carbonyl (C=O) groups excluding carboxylic acids is 2. The Morgan fingerprint density at radius 2 is 2.07 bits per heavy atom. The van der Waals surface area contributed by atoms with Gasteiger partial charge >= 0.3 is 6.09 Å². The van der Waals surface area contributed by atoms with Crippen LogP contribution in [0.25, 0.3) is 11.1 Å². The lowest BCUT2D eigenvalue weighted by Gasteiger charge is -2.30. The summed E-state index contributed by atoms with van der Waals surface area (Å²) in [6, 6.07) is 7.66. The van der Waals surface area contributed by atoms with Crippen molar-refractivity contribution >= 4 is 12.0 Å². The Labute approximate surface area is 177 Å². The van der Waals surface area contributed by atoms with Crippen molar-refractivity contribution in [2.75, 3.05) is 13.7 Å². The number of aromatic nitrogens is 1. The molecule has 0 spiro atoms. The number of pyridine rings is 1. The highest BCUT2D eigenvalue weighted by Gasteiger charge is 2.31. The zero-order valence-corrected chi connectivity index (χ0v) is 18.2. The Morgan fingerprint density at radius 1 is 1.33 bits per heavy atom. The number of amides is 2. The van der Waals surface area contributed by atoms with Crippen molar-refractivity contribution < 1.29 is 19.1 Å². The zero-order valence-electron chi connectivity index (χ0n) is 18.2. The second-order valence-electron chi connectivity index (χ2n) is 8.58. The van der Waals surface area contributed by atoms with Crippen LogP contribution in [0.1, 0.15) is 48.8 Å². The van der Waals surface area contributed by atoms with Gasteiger partial charge in [0.15, 0.2) is 0 Å². The maximum absolute atomic E-state index is 12.5. The Bertz CT molecular complexity index is 973. The third-order valence-electron chi connectivity index (χ3n) is 5.18. The molecule has 2 aromatic rings. The van der Waals surface area contributed by atoms with Crippen LogP contribution in [0.5, 0.6) is 5.75 Å². The van der Waals surface area contributed by atoms with Crippen molar-refractivity contribution in [3.05, 3.63) is 47.3 Å². The van der Waals surface area contributed by atoms with E-state index in [1.807, 2.05) is 38.1 Å². The van der Waals surface area contributed by atoms with Crippen LogP contribution in [-0.4, -0.2) is 41.1 Å². The van der Waals surface area contributed by atoms with Gasteiger partial charge in [0.05, 0.1) is 17.8 Å². The van der Waals surface area contributed by atoms with E-state index < -0.39 is 11.7 Å². The van der Waals surface area contributed by atoms with Gasteiger partial charge in [-0.3, -0.25) is 9.78 Å². The highest BCUT2D eigenvalue weighted by molar-refractivity contribution is 6.03. The van der Waals surface area contributed by atoms with Crippen LogP contribution in [0.3, 0.4) is 0 Å². The summed E-state index contributed by atoms with van der Waals surface area (Å²) in [6.07, 6.45) is 1.56. The maximum Gasteiger partial charge on any atom is 0.405 e. The van der Waals surface area contributed by atoms with E-state index in [2.05, 4.69) is 18.8 Å². The van der Waals surface area contributed by atoms with Gasteiger partial charge in [0.2, 0.25) is 0 Å². The summed E-state index contributed by atoms with van der Waals surface area (Å²) in [6.45, 7) is 8.59. The molecule has 1 atom stereocenters. The first-order chi connectivity index (χ1) is 14.1. The van der Waals surface area contributed by atoms with Crippen LogP contribution >= 0.6 is 0 Å². The molecular formula is C23H29N3O4. The van der Waals surface area contributed by atoms with E-state index in [1.54, 1.807) is 18.1 Å². The molecule has 0 radical (unpaired) electrons. The van der Waals surface area contributed by atoms with E-state index in [0.29, 0.717) is 30.2 Å². The Hall–Kier alpha value is -3.09. The monoisotopic (exact) mass is 411 g/mol. The lowest BCUT2D eigenvalue weighted by atomic mass is 9.94. The molecule has 0 unspecified atom stereocenters. The number of fused-ring (bicyclic) bond motifs is 1. The summed E-state index contributed by atoms with van der Waals surface area (Å²) in [4.78, 5) is 29.9. The van der Waals surface area contributed by atoms with E-state index in [1.165, 1.54) is 0 Å². The minimum absolute atomic E-state index is 0.0147. The first kappa shape index (κ1) is 21.6. The third-order valence-corrected chi connectivity index (χ3v) is 5.18. The predicted molar refractivity (Wildman–Crippen MR) is 114 cm³/mol. The molecule has 7 nitrogen and oxygen atoms in total. The van der Waals surface area contributed by atoms with Gasteiger partial charge in [-0.1, -0.05) is 19.9 Å². The number of carbonyl (C=O) groups is 2. The first-order valence-corrected chi connectivity index (χ1v) is 10.1. The van der Waals surface area contributed by atoms with E-state index in [0.717, 1.165) is 22.4 Å². The molecule has 2 heterocycles. The van der Waals surface area contributed by atoms with Crippen molar-refractivity contribution in [3.8, 4) is 16.9 Å². The third kappa shape index (κ3) is 4.56. The molecule has 0 saturated carbocycles. The number of nitrogens with two attached hydrogens (primary N) is 1. The topological polar surface area (TPSA) is 94.8 Å². The van der Waals surface area contributed by atoms with Gasteiger partial charge in [0.1, 0.15) is 18.0 Å². The van der Waals surface area contributed by atoms with Gasteiger partial charge in [-0.05, 0) is 61.1 Å². The fourth-order valence-corrected chi connectivity index (χ4v) is 4.04. The minimum atomic E-state index is -0.811. The van der Waals surface area contributed by atoms with E-state index in [-0.39, 0.29) is 12.5 Å². The number of hydrogen-bond acceptors (Lipinski definition) is 5. The molecular weight excluding hydrogens is 382 g/mol. The Balaban J connectivity index is 1.83. The van der Waals surface area contributed by atoms with Gasteiger partial charge in [-0.2, -0.15) is 0 Å². The molecule has 2 N–H and O–H groups in total. The lowest BCUT2D eigenvalue weighted by Crippen LogP contribution is -2.41. The van der Waals surface area contributed by atoms with Crippen LogP contribution in [-0.2, 0) is 11.3 Å². The molecule has 160 valence electrons. The standard InChI is InChI=1S/C23H29N3O4/c1-14(2)11-23(4,30-22(24)28)13-29-19-7-6-16(10-15(19)3)17-8-9-25-18-12-26(5)21(27)20(17)18/h6-10,14H,11-13H2,1-5H3,(H2,24,28)/t23-/m0/s1. The van der Waals surface area contributed by atoms with Crippen LogP contribution in [0.2, 0.25) is 0 Å². The first-order valence-electron chi connectivity index (χ1n) is 10.1. The molecule has 0 fully saturated rings. The van der Waals surface area contributed by atoms with Crippen molar-refractivity contribution in [1.29, 1.82) is 0 Å². The smallest absolute Gasteiger partial charge is 0.405 e. The van der Waals surface area contributed by atoms with Gasteiger partial charge in [0.25, 0.3) is 5.91 Å². The van der Waals surface area contributed by atoms with E-state index >= 15 is 0 Å². The maximum atomic E-state index is 12.5. The molecule has 0 aliphatic carbocycles. The Morgan fingerprint density at radius 3 is 2.70 bits per heavy atom. The summed E-state index contributed by atoms with van der Waals surface area (Å²) in [5.74, 6) is 0.987. The molecule has 1 aromatic carbocycles. The van der Waals surface area contributed by atoms with Crippen LogP contribution in [0, 0.1) is 12.8 Å². The minimum Gasteiger partial charge on any atom is -0.489 e. The second-order valence-corrected chi connectivity index (χ2v) is 8.58. The number of aryl methyl sites for hydroxylation is 1. The van der Waals surface area contributed by atoms with Crippen molar-refractivity contribution in [2.24, 2.45) is 11.7 Å². The van der Waals surface area contributed by atoms with Gasteiger partial charge < -0.3 is 20.1 Å². The highest BCUT2D eigenvalue weighted by atomic mass is 16.6. The molecule has 1 aliphatic rings. The summed E-state index contributed by atoms with van der Waals surface area (Å²) in [5, 5.41) is 0. The number of primary amides is 1. The molecule has 0 saturated heterocycles. The van der Waals surface area contributed by atoms with E-state index in [9.17, 15) is 9.59 Å². The summed E-state index contributed by atoms with van der Waals surface area (Å²) >= 11 is 0. The quantitative estimate of drug-likeness (QED) is 0.745. The van der Waals surface area contributed by atoms with Crippen molar-refractivity contribution in [2.45, 2.75) is 46.3 Å². The number of rotatable bonds is 7. The van der Waals surface area contributed by atoms with Gasteiger partial charge in [-0.15, -0.1) is 0 Å². The zero-order chi connectivity index (χ0) is 22.1. The highest BCUT2D eigenvalue weighted by Crippen LogP contribution is 2.33. The van der Waals surface area contributed by atoms with Crippen LogP contribution < -0.4 is 10.5 Å². The second kappa shape index (κ2) is 8.34. The van der Waals surface area contributed by atoms with Crippen molar-refractivity contribution in [1.82, 2.24) is 9.88 Å². The van der Waals surface area contributed by atoms with Gasteiger partial charge in [0, 0.05) is 13.2 Å².